The van der Waals surface area contributed by atoms with E-state index >= 15 is 0 Å². The first-order valence-electron chi connectivity index (χ1n) is 7.66. The van der Waals surface area contributed by atoms with Crippen LogP contribution in [0, 0.1) is 0 Å². The third-order valence-corrected chi connectivity index (χ3v) is 3.42. The Bertz CT molecular complexity index is 323. The Kier molecular flexibility index (Phi) is 6.53. The number of nitrogens with zero attached hydrogens (tertiary/aromatic N) is 1. The summed E-state index contributed by atoms with van der Waals surface area (Å²) in [5.74, 6) is 0. The molecule has 1 saturated heterocycles. The van der Waals surface area contributed by atoms with Gasteiger partial charge in [0, 0.05) is 25.2 Å². The summed E-state index contributed by atoms with van der Waals surface area (Å²) in [6, 6.07) is 0.933. The van der Waals surface area contributed by atoms with E-state index in [1.54, 1.807) is 0 Å². The standard InChI is InChI=1S/C16H30N2O2/c1-6-8-13(2)17-14-9-7-11-18(12-10-14)15(19)20-16(3,4)5/h6,13-14,17H,1,7-12H2,2-5H3/t13-,14-/m1/s1. The van der Waals surface area contributed by atoms with Gasteiger partial charge in [0.2, 0.25) is 0 Å². The first kappa shape index (κ1) is 17.0. The van der Waals surface area contributed by atoms with Crippen molar-refractivity contribution in [3.8, 4) is 0 Å². The van der Waals surface area contributed by atoms with Gasteiger partial charge in [0.05, 0.1) is 0 Å². The molecule has 0 aromatic rings. The molecule has 0 aromatic carbocycles. The Balaban J connectivity index is 2.42. The fourth-order valence-corrected chi connectivity index (χ4v) is 2.49. The smallest absolute Gasteiger partial charge is 0.410 e. The number of hydrogen-bond acceptors (Lipinski definition) is 3. The van der Waals surface area contributed by atoms with Crippen molar-refractivity contribution in [3.05, 3.63) is 12.7 Å². The number of hydrogen-bond donors (Lipinski definition) is 1. The fourth-order valence-electron chi connectivity index (χ4n) is 2.49. The van der Waals surface area contributed by atoms with Gasteiger partial charge in [0.15, 0.2) is 0 Å². The molecule has 0 aromatic heterocycles. The monoisotopic (exact) mass is 282 g/mol. The molecule has 0 radical (unpaired) electrons. The molecule has 4 heteroatoms. The molecule has 1 aliphatic rings. The predicted molar refractivity (Wildman–Crippen MR) is 82.9 cm³/mol. The highest BCUT2D eigenvalue weighted by Gasteiger charge is 2.25. The molecule has 1 amide bonds. The predicted octanol–water partition coefficient (Wildman–Crippen LogP) is 3.33. The molecule has 1 N–H and O–H groups in total. The zero-order valence-electron chi connectivity index (χ0n) is 13.4. The Labute approximate surface area is 123 Å². The largest absolute Gasteiger partial charge is 0.444 e. The van der Waals surface area contributed by atoms with E-state index in [-0.39, 0.29) is 6.09 Å². The van der Waals surface area contributed by atoms with Crippen LogP contribution in [-0.2, 0) is 4.74 Å². The van der Waals surface area contributed by atoms with Crippen LogP contribution in [0.3, 0.4) is 0 Å². The number of ether oxygens (including phenoxy) is 1. The van der Waals surface area contributed by atoms with Crippen LogP contribution < -0.4 is 5.32 Å². The van der Waals surface area contributed by atoms with Crippen LogP contribution in [0.5, 0.6) is 0 Å². The average molecular weight is 282 g/mol. The number of amides is 1. The van der Waals surface area contributed by atoms with E-state index < -0.39 is 5.60 Å². The van der Waals surface area contributed by atoms with Gasteiger partial charge in [-0.15, -0.1) is 6.58 Å². The van der Waals surface area contributed by atoms with Gasteiger partial charge in [0.25, 0.3) is 0 Å². The van der Waals surface area contributed by atoms with Crippen molar-refractivity contribution in [2.45, 2.75) is 71.1 Å². The topological polar surface area (TPSA) is 41.6 Å². The van der Waals surface area contributed by atoms with Crippen LogP contribution in [0.15, 0.2) is 12.7 Å². The summed E-state index contributed by atoms with van der Waals surface area (Å²) in [7, 11) is 0. The van der Waals surface area contributed by atoms with Crippen LogP contribution >= 0.6 is 0 Å². The van der Waals surface area contributed by atoms with E-state index in [4.69, 9.17) is 4.74 Å². The second kappa shape index (κ2) is 7.67. The molecule has 1 heterocycles. The van der Waals surface area contributed by atoms with E-state index in [9.17, 15) is 4.79 Å². The summed E-state index contributed by atoms with van der Waals surface area (Å²) >= 11 is 0. The average Bonchev–Trinajstić information content (AvgIpc) is 2.52. The first-order chi connectivity index (χ1) is 9.31. The number of nitrogens with one attached hydrogen (secondary N) is 1. The summed E-state index contributed by atoms with van der Waals surface area (Å²) in [4.78, 5) is 13.9. The van der Waals surface area contributed by atoms with Crippen LogP contribution in [-0.4, -0.2) is 41.8 Å². The summed E-state index contributed by atoms with van der Waals surface area (Å²) in [6.45, 7) is 13.2. The summed E-state index contributed by atoms with van der Waals surface area (Å²) < 4.78 is 5.44. The van der Waals surface area contributed by atoms with Crippen molar-refractivity contribution in [1.29, 1.82) is 0 Å². The van der Waals surface area contributed by atoms with E-state index in [0.29, 0.717) is 12.1 Å². The molecule has 0 spiro atoms. The van der Waals surface area contributed by atoms with Crippen LogP contribution in [0.1, 0.15) is 53.4 Å². The Morgan fingerprint density at radius 1 is 1.45 bits per heavy atom. The molecular weight excluding hydrogens is 252 g/mol. The lowest BCUT2D eigenvalue weighted by molar-refractivity contribution is 0.0256. The van der Waals surface area contributed by atoms with Gasteiger partial charge in [0.1, 0.15) is 5.60 Å². The minimum absolute atomic E-state index is 0.183. The molecule has 2 atom stereocenters. The maximum atomic E-state index is 12.1. The van der Waals surface area contributed by atoms with E-state index in [1.807, 2.05) is 31.7 Å². The lowest BCUT2D eigenvalue weighted by Crippen LogP contribution is -2.39. The second-order valence-electron chi connectivity index (χ2n) is 6.69. The molecule has 1 fully saturated rings. The van der Waals surface area contributed by atoms with Gasteiger partial charge >= 0.3 is 6.09 Å². The lowest BCUT2D eigenvalue weighted by atomic mass is 10.1. The lowest BCUT2D eigenvalue weighted by Gasteiger charge is -2.26. The molecule has 0 saturated carbocycles. The number of rotatable bonds is 4. The molecule has 116 valence electrons. The third-order valence-electron chi connectivity index (χ3n) is 3.42. The number of carbonyl (C=O) groups excluding carboxylic acids is 1. The summed E-state index contributed by atoms with van der Waals surface area (Å²) in [5.41, 5.74) is -0.417. The van der Waals surface area contributed by atoms with E-state index in [0.717, 1.165) is 38.8 Å². The normalized spacial score (nSPS) is 22.0. The maximum Gasteiger partial charge on any atom is 0.410 e. The van der Waals surface area contributed by atoms with Gasteiger partial charge < -0.3 is 15.0 Å². The molecular formula is C16H30N2O2. The van der Waals surface area contributed by atoms with Gasteiger partial charge in [-0.05, 0) is 53.4 Å². The van der Waals surface area contributed by atoms with Gasteiger partial charge in [-0.25, -0.2) is 4.79 Å². The highest BCUT2D eigenvalue weighted by atomic mass is 16.6. The van der Waals surface area contributed by atoms with E-state index in [1.165, 1.54) is 0 Å². The van der Waals surface area contributed by atoms with Crippen molar-refractivity contribution in [2.75, 3.05) is 13.1 Å². The minimum atomic E-state index is -0.417. The minimum Gasteiger partial charge on any atom is -0.444 e. The Morgan fingerprint density at radius 3 is 2.75 bits per heavy atom. The summed E-state index contributed by atoms with van der Waals surface area (Å²) in [5, 5.41) is 3.62. The van der Waals surface area contributed by atoms with Crippen molar-refractivity contribution < 1.29 is 9.53 Å². The Morgan fingerprint density at radius 2 is 2.15 bits per heavy atom. The molecule has 20 heavy (non-hydrogen) atoms. The van der Waals surface area contributed by atoms with Gasteiger partial charge in [-0.1, -0.05) is 6.08 Å². The molecule has 0 bridgehead atoms. The highest BCUT2D eigenvalue weighted by molar-refractivity contribution is 5.68. The maximum absolute atomic E-state index is 12.1. The second-order valence-corrected chi connectivity index (χ2v) is 6.69. The third kappa shape index (κ3) is 6.42. The highest BCUT2D eigenvalue weighted by Crippen LogP contribution is 2.16. The van der Waals surface area contributed by atoms with E-state index in [2.05, 4.69) is 18.8 Å². The van der Waals surface area contributed by atoms with Crippen molar-refractivity contribution >= 4 is 6.09 Å². The summed E-state index contributed by atoms with van der Waals surface area (Å²) in [6.07, 6.45) is 5.87. The molecule has 1 aliphatic heterocycles. The van der Waals surface area contributed by atoms with Crippen molar-refractivity contribution in [3.63, 3.8) is 0 Å². The number of likely N-dealkylation sites (tertiary alicyclic amines) is 1. The van der Waals surface area contributed by atoms with Gasteiger partial charge in [-0.2, -0.15) is 0 Å². The van der Waals surface area contributed by atoms with Crippen LogP contribution in [0.25, 0.3) is 0 Å². The quantitative estimate of drug-likeness (QED) is 0.804. The van der Waals surface area contributed by atoms with Crippen LogP contribution in [0.2, 0.25) is 0 Å². The zero-order valence-corrected chi connectivity index (χ0v) is 13.4. The fraction of sp³-hybridized carbons (Fsp3) is 0.812. The van der Waals surface area contributed by atoms with Gasteiger partial charge in [-0.3, -0.25) is 0 Å². The van der Waals surface area contributed by atoms with Crippen LogP contribution in [0.4, 0.5) is 4.79 Å². The molecule has 0 unspecified atom stereocenters. The zero-order chi connectivity index (χ0) is 15.2. The first-order valence-corrected chi connectivity index (χ1v) is 7.66. The molecule has 1 rings (SSSR count). The molecule has 4 nitrogen and oxygen atoms in total. The van der Waals surface area contributed by atoms with Crippen molar-refractivity contribution in [2.24, 2.45) is 0 Å². The molecule has 0 aliphatic carbocycles. The Hall–Kier alpha value is -1.03. The number of carbonyl (C=O) groups is 1. The SMILES string of the molecule is C=CC[C@@H](C)N[C@@H]1CCCN(C(=O)OC(C)(C)C)CC1. The van der Waals surface area contributed by atoms with Crippen molar-refractivity contribution in [1.82, 2.24) is 10.2 Å².